The van der Waals surface area contributed by atoms with E-state index in [1.165, 1.54) is 12.3 Å². The summed E-state index contributed by atoms with van der Waals surface area (Å²) in [5, 5.41) is 6.08. The number of fused-ring (bicyclic) bond motifs is 3. The Bertz CT molecular complexity index is 1280. The first-order valence-corrected chi connectivity index (χ1v) is 12.1. The van der Waals surface area contributed by atoms with Crippen LogP contribution in [0.4, 0.5) is 10.2 Å². The topological polar surface area (TPSA) is 66.6 Å². The standard InChI is InChI=1S/C25H27FN6OS/c1-15(2)34-23-20-21(31-14-25(3,4)28-24(31)30(5)22(20)33)29-32(23)13-16-6-8-17(9-7-16)19-11-10-18(26)12-27-19/h6-12,15H,13-14H2,1-5H3. The fraction of sp³-hybridized carbons (Fsp3) is 0.360. The molecule has 0 unspecified atom stereocenters. The highest BCUT2D eigenvalue weighted by Crippen LogP contribution is 2.40. The van der Waals surface area contributed by atoms with Gasteiger partial charge in [0.25, 0.3) is 5.91 Å². The van der Waals surface area contributed by atoms with E-state index in [0.717, 1.165) is 21.8 Å². The first kappa shape index (κ1) is 22.6. The molecule has 3 aromatic rings. The zero-order valence-electron chi connectivity index (χ0n) is 19.9. The van der Waals surface area contributed by atoms with E-state index in [4.69, 9.17) is 10.1 Å². The number of hydrogen-bond acceptors (Lipinski definition) is 6. The molecule has 176 valence electrons. The molecule has 0 saturated heterocycles. The van der Waals surface area contributed by atoms with Crippen molar-refractivity contribution in [2.45, 2.75) is 50.1 Å². The molecule has 1 aromatic carbocycles. The zero-order valence-corrected chi connectivity index (χ0v) is 20.7. The van der Waals surface area contributed by atoms with E-state index >= 15 is 0 Å². The minimum atomic E-state index is -0.354. The second-order valence-electron chi connectivity index (χ2n) is 9.56. The van der Waals surface area contributed by atoms with Crippen LogP contribution in [-0.2, 0) is 6.54 Å². The Morgan fingerprint density at radius 3 is 2.53 bits per heavy atom. The molecular formula is C25H27FN6OS. The molecule has 2 aromatic heterocycles. The van der Waals surface area contributed by atoms with E-state index in [2.05, 4.69) is 37.6 Å². The van der Waals surface area contributed by atoms with Crippen molar-refractivity contribution in [2.75, 3.05) is 18.5 Å². The number of thioether (sulfide) groups is 1. The van der Waals surface area contributed by atoms with Gasteiger partial charge in [0, 0.05) is 17.9 Å². The number of halogens is 1. The number of rotatable bonds is 5. The van der Waals surface area contributed by atoms with Gasteiger partial charge >= 0.3 is 0 Å². The number of aliphatic imine (C=N–C) groups is 1. The summed E-state index contributed by atoms with van der Waals surface area (Å²) < 4.78 is 15.1. The van der Waals surface area contributed by atoms with Gasteiger partial charge in [-0.05, 0) is 31.5 Å². The Labute approximate surface area is 202 Å². The molecule has 0 N–H and O–H groups in total. The zero-order chi connectivity index (χ0) is 24.2. The SMILES string of the molecule is CC(C)Sc1c2c(nn1Cc1ccc(-c3ccc(F)cn3)cc1)N1CC(C)(C)N=C1N(C)C2=O. The molecular weight excluding hydrogens is 451 g/mol. The second kappa shape index (κ2) is 8.23. The molecule has 4 heterocycles. The average Bonchev–Trinajstić information content (AvgIpc) is 3.30. The summed E-state index contributed by atoms with van der Waals surface area (Å²) in [6.45, 7) is 9.56. The molecule has 0 spiro atoms. The fourth-order valence-electron chi connectivity index (χ4n) is 4.27. The molecule has 0 saturated carbocycles. The Morgan fingerprint density at radius 2 is 1.88 bits per heavy atom. The van der Waals surface area contributed by atoms with Gasteiger partial charge in [-0.3, -0.25) is 24.3 Å². The first-order valence-electron chi connectivity index (χ1n) is 11.3. The normalized spacial score (nSPS) is 16.7. The Balaban J connectivity index is 1.51. The lowest BCUT2D eigenvalue weighted by Gasteiger charge is -2.30. The van der Waals surface area contributed by atoms with Crippen LogP contribution in [0.3, 0.4) is 0 Å². The minimum absolute atomic E-state index is 0.0742. The maximum absolute atomic E-state index is 13.4. The summed E-state index contributed by atoms with van der Waals surface area (Å²) in [5.41, 5.74) is 3.04. The van der Waals surface area contributed by atoms with E-state index in [1.807, 2.05) is 28.9 Å². The highest BCUT2D eigenvalue weighted by atomic mass is 32.2. The van der Waals surface area contributed by atoms with Gasteiger partial charge in [0.1, 0.15) is 16.4 Å². The highest BCUT2D eigenvalue weighted by Gasteiger charge is 2.45. The predicted molar refractivity (Wildman–Crippen MR) is 133 cm³/mol. The maximum atomic E-state index is 13.4. The van der Waals surface area contributed by atoms with Crippen LogP contribution in [0.2, 0.25) is 0 Å². The number of guanidine groups is 1. The van der Waals surface area contributed by atoms with Crippen molar-refractivity contribution in [3.8, 4) is 11.3 Å². The van der Waals surface area contributed by atoms with E-state index in [9.17, 15) is 9.18 Å². The third kappa shape index (κ3) is 3.98. The summed E-state index contributed by atoms with van der Waals surface area (Å²) in [4.78, 5) is 26.0. The summed E-state index contributed by atoms with van der Waals surface area (Å²) in [6, 6.07) is 11.1. The van der Waals surface area contributed by atoms with E-state index < -0.39 is 0 Å². The average molecular weight is 479 g/mol. The van der Waals surface area contributed by atoms with Crippen LogP contribution >= 0.6 is 11.8 Å². The summed E-state index contributed by atoms with van der Waals surface area (Å²) >= 11 is 1.65. The van der Waals surface area contributed by atoms with Crippen molar-refractivity contribution in [1.29, 1.82) is 0 Å². The van der Waals surface area contributed by atoms with Crippen molar-refractivity contribution >= 4 is 29.4 Å². The Hall–Kier alpha value is -3.20. The van der Waals surface area contributed by atoms with Crippen LogP contribution in [0.5, 0.6) is 0 Å². The van der Waals surface area contributed by atoms with Crippen molar-refractivity contribution < 1.29 is 9.18 Å². The van der Waals surface area contributed by atoms with Crippen molar-refractivity contribution in [3.63, 3.8) is 0 Å². The van der Waals surface area contributed by atoms with Gasteiger partial charge in [-0.2, -0.15) is 5.10 Å². The van der Waals surface area contributed by atoms with Gasteiger partial charge < -0.3 is 0 Å². The number of pyridine rings is 1. The molecule has 9 heteroatoms. The van der Waals surface area contributed by atoms with Crippen LogP contribution in [0, 0.1) is 5.82 Å². The Morgan fingerprint density at radius 1 is 1.15 bits per heavy atom. The number of benzene rings is 1. The lowest BCUT2D eigenvalue weighted by molar-refractivity contribution is 0.0862. The Kier molecular flexibility index (Phi) is 5.47. The molecule has 1 amide bonds. The number of hydrogen-bond donors (Lipinski definition) is 0. The molecule has 0 atom stereocenters. The van der Waals surface area contributed by atoms with Gasteiger partial charge in [-0.25, -0.2) is 9.38 Å². The van der Waals surface area contributed by atoms with Crippen molar-refractivity contribution in [2.24, 2.45) is 4.99 Å². The largest absolute Gasteiger partial charge is 0.292 e. The summed E-state index contributed by atoms with van der Waals surface area (Å²) in [6.07, 6.45) is 1.22. The fourth-order valence-corrected chi connectivity index (χ4v) is 5.24. The van der Waals surface area contributed by atoms with Gasteiger partial charge in [-0.15, -0.1) is 11.8 Å². The van der Waals surface area contributed by atoms with E-state index in [-0.39, 0.29) is 22.5 Å². The smallest absolute Gasteiger partial charge is 0.266 e. The van der Waals surface area contributed by atoms with Gasteiger partial charge in [0.2, 0.25) is 5.96 Å². The van der Waals surface area contributed by atoms with E-state index in [1.54, 1.807) is 29.8 Å². The monoisotopic (exact) mass is 478 g/mol. The molecule has 7 nitrogen and oxygen atoms in total. The predicted octanol–water partition coefficient (Wildman–Crippen LogP) is 4.67. The molecule has 0 radical (unpaired) electrons. The van der Waals surface area contributed by atoms with Gasteiger partial charge in [0.05, 0.1) is 30.5 Å². The number of nitrogens with zero attached hydrogens (tertiary/aromatic N) is 6. The van der Waals surface area contributed by atoms with Crippen LogP contribution in [0.15, 0.2) is 52.6 Å². The highest BCUT2D eigenvalue weighted by molar-refractivity contribution is 7.99. The number of carbonyl (C=O) groups excluding carboxylic acids is 1. The van der Waals surface area contributed by atoms with Crippen LogP contribution in [-0.4, -0.2) is 55.9 Å². The molecule has 5 rings (SSSR count). The van der Waals surface area contributed by atoms with Crippen LogP contribution in [0.1, 0.15) is 43.6 Å². The number of anilines is 1. The molecule has 2 aliphatic heterocycles. The number of aromatic nitrogens is 3. The third-order valence-corrected chi connectivity index (χ3v) is 6.92. The third-order valence-electron chi connectivity index (χ3n) is 5.81. The number of amides is 1. The number of carbonyl (C=O) groups is 1. The van der Waals surface area contributed by atoms with E-state index in [0.29, 0.717) is 30.4 Å². The minimum Gasteiger partial charge on any atom is -0.292 e. The van der Waals surface area contributed by atoms with Gasteiger partial charge in [0.15, 0.2) is 5.82 Å². The summed E-state index contributed by atoms with van der Waals surface area (Å²) in [5.74, 6) is 0.912. The van der Waals surface area contributed by atoms with Crippen LogP contribution < -0.4 is 4.90 Å². The van der Waals surface area contributed by atoms with Gasteiger partial charge in [-0.1, -0.05) is 38.1 Å². The summed E-state index contributed by atoms with van der Waals surface area (Å²) in [7, 11) is 1.78. The van der Waals surface area contributed by atoms with Crippen molar-refractivity contribution in [3.05, 3.63) is 59.5 Å². The van der Waals surface area contributed by atoms with Crippen LogP contribution in [0.25, 0.3) is 11.3 Å². The molecule has 2 aliphatic rings. The van der Waals surface area contributed by atoms with Crippen molar-refractivity contribution in [1.82, 2.24) is 19.7 Å². The lowest BCUT2D eigenvalue weighted by atomic mass is 10.1. The second-order valence-corrected chi connectivity index (χ2v) is 11.1. The molecule has 0 fully saturated rings. The quantitative estimate of drug-likeness (QED) is 0.499. The molecule has 0 aliphatic carbocycles. The molecule has 34 heavy (non-hydrogen) atoms. The lowest BCUT2D eigenvalue weighted by Crippen LogP contribution is -2.48. The molecule has 0 bridgehead atoms. The first-order chi connectivity index (χ1) is 16.1. The maximum Gasteiger partial charge on any atom is 0.266 e.